The lowest BCUT2D eigenvalue weighted by molar-refractivity contribution is -0.121. The van der Waals surface area contributed by atoms with Gasteiger partial charge in [0.2, 0.25) is 5.91 Å². The SMILES string of the molecule is O=C(NS(=O)(=O)c1cccc2ccccc12)C1CCCc2c(OC3CCCC3)ccc(Br)c21. The molecule has 0 spiro atoms. The van der Waals surface area contributed by atoms with Crippen LogP contribution >= 0.6 is 15.9 Å². The van der Waals surface area contributed by atoms with Crippen LogP contribution in [0.5, 0.6) is 5.75 Å². The van der Waals surface area contributed by atoms with Crippen LogP contribution < -0.4 is 9.46 Å². The molecule has 1 N–H and O–H groups in total. The van der Waals surface area contributed by atoms with E-state index in [1.807, 2.05) is 30.3 Å². The van der Waals surface area contributed by atoms with E-state index in [9.17, 15) is 13.2 Å². The molecule has 1 atom stereocenters. The van der Waals surface area contributed by atoms with Gasteiger partial charge in [0.05, 0.1) is 16.9 Å². The number of benzene rings is 3. The van der Waals surface area contributed by atoms with E-state index < -0.39 is 21.8 Å². The summed E-state index contributed by atoms with van der Waals surface area (Å²) in [5, 5.41) is 1.41. The quantitative estimate of drug-likeness (QED) is 0.451. The van der Waals surface area contributed by atoms with E-state index in [0.29, 0.717) is 11.8 Å². The van der Waals surface area contributed by atoms with Gasteiger partial charge in [-0.15, -0.1) is 0 Å². The van der Waals surface area contributed by atoms with Gasteiger partial charge in [-0.25, -0.2) is 13.1 Å². The third kappa shape index (κ3) is 4.41. The zero-order valence-electron chi connectivity index (χ0n) is 18.2. The molecule has 5 nitrogen and oxygen atoms in total. The number of fused-ring (bicyclic) bond motifs is 2. The zero-order chi connectivity index (χ0) is 23.0. The molecule has 2 aliphatic carbocycles. The first-order valence-electron chi connectivity index (χ1n) is 11.5. The Balaban J connectivity index is 1.45. The van der Waals surface area contributed by atoms with Gasteiger partial charge in [0.15, 0.2) is 0 Å². The third-order valence-corrected chi connectivity index (χ3v) is 8.81. The predicted molar refractivity (Wildman–Crippen MR) is 132 cm³/mol. The van der Waals surface area contributed by atoms with E-state index in [4.69, 9.17) is 4.74 Å². The van der Waals surface area contributed by atoms with Crippen molar-refractivity contribution in [1.29, 1.82) is 0 Å². The Morgan fingerprint density at radius 3 is 2.52 bits per heavy atom. The molecule has 7 heteroatoms. The van der Waals surface area contributed by atoms with Crippen molar-refractivity contribution >= 4 is 42.6 Å². The van der Waals surface area contributed by atoms with Gasteiger partial charge in [-0.1, -0.05) is 52.3 Å². The van der Waals surface area contributed by atoms with E-state index in [2.05, 4.69) is 20.7 Å². The summed E-state index contributed by atoms with van der Waals surface area (Å²) in [6, 6.07) is 16.2. The number of hydrogen-bond donors (Lipinski definition) is 1. The second-order valence-electron chi connectivity index (χ2n) is 8.85. The first-order valence-corrected chi connectivity index (χ1v) is 13.7. The van der Waals surface area contributed by atoms with Crippen molar-refractivity contribution in [2.45, 2.75) is 61.9 Å². The van der Waals surface area contributed by atoms with Crippen molar-refractivity contribution in [1.82, 2.24) is 4.72 Å². The Morgan fingerprint density at radius 2 is 1.70 bits per heavy atom. The molecule has 0 bridgehead atoms. The molecule has 33 heavy (non-hydrogen) atoms. The van der Waals surface area contributed by atoms with Gasteiger partial charge in [-0.2, -0.15) is 0 Å². The van der Waals surface area contributed by atoms with E-state index in [1.54, 1.807) is 18.2 Å². The van der Waals surface area contributed by atoms with E-state index in [0.717, 1.165) is 52.4 Å². The minimum Gasteiger partial charge on any atom is -0.490 e. The second-order valence-corrected chi connectivity index (χ2v) is 11.4. The van der Waals surface area contributed by atoms with Gasteiger partial charge in [-0.3, -0.25) is 4.79 Å². The molecule has 0 radical (unpaired) electrons. The maximum Gasteiger partial charge on any atom is 0.264 e. The molecule has 172 valence electrons. The summed E-state index contributed by atoms with van der Waals surface area (Å²) in [5.41, 5.74) is 1.87. The van der Waals surface area contributed by atoms with Crippen molar-refractivity contribution in [2.24, 2.45) is 0 Å². The van der Waals surface area contributed by atoms with E-state index in [-0.39, 0.29) is 11.0 Å². The van der Waals surface area contributed by atoms with Crippen molar-refractivity contribution in [3.8, 4) is 5.75 Å². The van der Waals surface area contributed by atoms with Gasteiger partial charge in [-0.05, 0) is 79.7 Å². The molecular formula is C26H26BrNO4S. The third-order valence-electron chi connectivity index (χ3n) is 6.72. The van der Waals surface area contributed by atoms with Crippen LogP contribution in [0.3, 0.4) is 0 Å². The highest BCUT2D eigenvalue weighted by atomic mass is 79.9. The van der Waals surface area contributed by atoms with E-state index in [1.165, 1.54) is 18.9 Å². The molecular weight excluding hydrogens is 502 g/mol. The number of amides is 1. The number of carbonyl (C=O) groups is 1. The Kier molecular flexibility index (Phi) is 6.18. The number of sulfonamides is 1. The number of rotatable bonds is 5. The summed E-state index contributed by atoms with van der Waals surface area (Å²) >= 11 is 3.61. The van der Waals surface area contributed by atoms with Crippen molar-refractivity contribution in [3.05, 3.63) is 70.2 Å². The summed E-state index contributed by atoms with van der Waals surface area (Å²) in [7, 11) is -4.03. The lowest BCUT2D eigenvalue weighted by Crippen LogP contribution is -2.36. The van der Waals surface area contributed by atoms with Crippen LogP contribution in [0.4, 0.5) is 0 Å². The standard InChI is InChI=1S/C26H26BrNO4S/c27-22-15-16-23(32-18-9-2-3-10-18)20-12-6-13-21(25(20)22)26(29)28-33(30,31)24-14-5-8-17-7-1-4-11-19(17)24/h1,4-5,7-8,11,14-16,18,21H,2-3,6,9-10,12-13H2,(H,28,29). The van der Waals surface area contributed by atoms with E-state index >= 15 is 0 Å². The minimum atomic E-state index is -4.03. The summed E-state index contributed by atoms with van der Waals surface area (Å²) in [4.78, 5) is 13.5. The van der Waals surface area contributed by atoms with Gasteiger partial charge in [0, 0.05) is 9.86 Å². The van der Waals surface area contributed by atoms with Crippen LogP contribution in [-0.4, -0.2) is 20.4 Å². The van der Waals surface area contributed by atoms with Crippen molar-refractivity contribution in [2.75, 3.05) is 0 Å². The molecule has 3 aromatic rings. The van der Waals surface area contributed by atoms with Crippen LogP contribution in [0.1, 0.15) is 55.6 Å². The average molecular weight is 528 g/mol. The van der Waals surface area contributed by atoms with Crippen molar-refractivity contribution < 1.29 is 17.9 Å². The largest absolute Gasteiger partial charge is 0.490 e. The number of nitrogens with one attached hydrogen (secondary N) is 1. The first-order chi connectivity index (χ1) is 15.9. The van der Waals surface area contributed by atoms with Crippen LogP contribution in [0, 0.1) is 0 Å². The molecule has 1 amide bonds. The summed E-state index contributed by atoms with van der Waals surface area (Å²) < 4.78 is 35.9. The Labute approximate surface area is 202 Å². The fourth-order valence-corrected chi connectivity index (χ4v) is 7.02. The predicted octanol–water partition coefficient (Wildman–Crippen LogP) is 5.85. The number of ether oxygens (including phenoxy) is 1. The maximum atomic E-state index is 13.3. The normalized spacial score (nSPS) is 18.8. The lowest BCUT2D eigenvalue weighted by atomic mass is 9.82. The molecule has 3 aromatic carbocycles. The molecule has 1 unspecified atom stereocenters. The highest BCUT2D eigenvalue weighted by Crippen LogP contribution is 2.42. The minimum absolute atomic E-state index is 0.113. The highest BCUT2D eigenvalue weighted by molar-refractivity contribution is 9.10. The monoisotopic (exact) mass is 527 g/mol. The number of hydrogen-bond acceptors (Lipinski definition) is 4. The topological polar surface area (TPSA) is 72.5 Å². The first kappa shape index (κ1) is 22.4. The maximum absolute atomic E-state index is 13.3. The summed E-state index contributed by atoms with van der Waals surface area (Å²) in [6.07, 6.45) is 6.90. The van der Waals surface area contributed by atoms with Gasteiger partial charge in [0.1, 0.15) is 5.75 Å². The molecule has 1 saturated carbocycles. The lowest BCUT2D eigenvalue weighted by Gasteiger charge is -2.28. The van der Waals surface area contributed by atoms with Crippen LogP contribution in [0.2, 0.25) is 0 Å². The summed E-state index contributed by atoms with van der Waals surface area (Å²) in [5.74, 6) is -0.225. The molecule has 0 aromatic heterocycles. The number of carbonyl (C=O) groups excluding carboxylic acids is 1. The Hall–Kier alpha value is -2.38. The fraction of sp³-hybridized carbons (Fsp3) is 0.346. The molecule has 0 saturated heterocycles. The molecule has 1 fully saturated rings. The number of halogens is 1. The Bertz CT molecular complexity index is 1310. The van der Waals surface area contributed by atoms with Gasteiger partial charge >= 0.3 is 0 Å². The van der Waals surface area contributed by atoms with Crippen LogP contribution in [0.25, 0.3) is 10.8 Å². The van der Waals surface area contributed by atoms with Gasteiger partial charge in [0.25, 0.3) is 10.0 Å². The Morgan fingerprint density at radius 1 is 0.939 bits per heavy atom. The van der Waals surface area contributed by atoms with Crippen LogP contribution in [0.15, 0.2) is 64.0 Å². The summed E-state index contributed by atoms with van der Waals surface area (Å²) in [6.45, 7) is 0. The molecule has 5 rings (SSSR count). The van der Waals surface area contributed by atoms with Gasteiger partial charge < -0.3 is 4.74 Å². The molecule has 0 heterocycles. The molecule has 0 aliphatic heterocycles. The smallest absolute Gasteiger partial charge is 0.264 e. The zero-order valence-corrected chi connectivity index (χ0v) is 20.6. The average Bonchev–Trinajstić information content (AvgIpc) is 3.33. The highest BCUT2D eigenvalue weighted by Gasteiger charge is 2.34. The van der Waals surface area contributed by atoms with Crippen LogP contribution in [-0.2, 0) is 21.2 Å². The second kappa shape index (κ2) is 9.11. The van der Waals surface area contributed by atoms with Crippen molar-refractivity contribution in [3.63, 3.8) is 0 Å². The molecule has 2 aliphatic rings. The fourth-order valence-electron chi connectivity index (χ4n) is 5.12.